The van der Waals surface area contributed by atoms with Crippen LogP contribution in [-0.4, -0.2) is 99.1 Å². The van der Waals surface area contributed by atoms with Crippen molar-refractivity contribution in [2.45, 2.75) is 12.8 Å². The number of rotatable bonds is 0. The summed E-state index contributed by atoms with van der Waals surface area (Å²) in [5.74, 6) is 0. The van der Waals surface area contributed by atoms with Crippen molar-refractivity contribution in [2.75, 3.05) is 79.5 Å². The van der Waals surface area contributed by atoms with Gasteiger partial charge in [0.2, 0.25) is 0 Å². The molecule has 2 rings (SSSR count). The van der Waals surface area contributed by atoms with E-state index in [2.05, 4.69) is 45.8 Å². The highest BCUT2D eigenvalue weighted by atomic mass is 15.2. The summed E-state index contributed by atoms with van der Waals surface area (Å²) in [6.45, 7) is 11.9. The van der Waals surface area contributed by atoms with Crippen LogP contribution in [0.1, 0.15) is 12.8 Å². The highest BCUT2D eigenvalue weighted by Gasteiger charge is 2.11. The van der Waals surface area contributed by atoms with Gasteiger partial charge in [-0.15, -0.1) is 0 Å². The Balaban J connectivity index is 2.03. The first-order valence-electron chi connectivity index (χ1n) is 8.21. The fourth-order valence-corrected chi connectivity index (χ4v) is 3.01. The third-order valence-corrected chi connectivity index (χ3v) is 4.52. The van der Waals surface area contributed by atoms with Crippen molar-refractivity contribution in [2.24, 2.45) is 0 Å². The van der Waals surface area contributed by atoms with Gasteiger partial charge in [0, 0.05) is 39.3 Å². The predicted molar refractivity (Wildman–Crippen MR) is 86.2 cm³/mol. The van der Waals surface area contributed by atoms with Crippen LogP contribution in [0.25, 0.3) is 0 Å². The van der Waals surface area contributed by atoms with Crippen molar-refractivity contribution in [1.29, 1.82) is 0 Å². The van der Waals surface area contributed by atoms with Gasteiger partial charge in [-0.1, -0.05) is 12.2 Å². The van der Waals surface area contributed by atoms with Crippen LogP contribution >= 0.6 is 0 Å². The molecule has 0 amide bonds. The molecule has 2 bridgehead atoms. The lowest BCUT2D eigenvalue weighted by Crippen LogP contribution is -2.40. The number of nitrogens with zero attached hydrogens (tertiary/aromatic N) is 4. The maximum atomic E-state index is 2.61. The minimum absolute atomic E-state index is 1.12. The topological polar surface area (TPSA) is 13.0 Å². The highest BCUT2D eigenvalue weighted by Crippen LogP contribution is 2.02. The van der Waals surface area contributed by atoms with E-state index in [1.165, 1.54) is 65.2 Å². The molecule has 20 heavy (non-hydrogen) atoms. The van der Waals surface area contributed by atoms with Crippen LogP contribution in [0.4, 0.5) is 0 Å². The number of fused-ring (bicyclic) bond motifs is 4. The molecule has 0 saturated carbocycles. The quantitative estimate of drug-likeness (QED) is 0.609. The summed E-state index contributed by atoms with van der Waals surface area (Å²) in [4.78, 5) is 10.2. The van der Waals surface area contributed by atoms with Gasteiger partial charge < -0.3 is 9.80 Å². The van der Waals surface area contributed by atoms with Crippen LogP contribution in [0.3, 0.4) is 0 Å². The van der Waals surface area contributed by atoms with E-state index in [0.29, 0.717) is 0 Å². The highest BCUT2D eigenvalue weighted by molar-refractivity contribution is 4.89. The molecule has 0 saturated heterocycles. The number of hydrogen-bond donors (Lipinski definition) is 0. The second-order valence-corrected chi connectivity index (χ2v) is 6.39. The molecule has 4 nitrogen and oxygen atoms in total. The fourth-order valence-electron chi connectivity index (χ4n) is 3.01. The van der Waals surface area contributed by atoms with Gasteiger partial charge in [-0.2, -0.15) is 0 Å². The Morgan fingerprint density at radius 1 is 0.550 bits per heavy atom. The van der Waals surface area contributed by atoms with Crippen molar-refractivity contribution < 1.29 is 0 Å². The fraction of sp³-hybridized carbons (Fsp3) is 0.875. The first-order valence-corrected chi connectivity index (χ1v) is 8.21. The zero-order chi connectivity index (χ0) is 14.2. The van der Waals surface area contributed by atoms with E-state index in [9.17, 15) is 0 Å². The van der Waals surface area contributed by atoms with E-state index >= 15 is 0 Å². The Hall–Kier alpha value is -0.420. The van der Waals surface area contributed by atoms with E-state index in [0.717, 1.165) is 13.1 Å². The SMILES string of the molecule is CN1CCCN2CC=CCN(CCCN(C)CC2)CC1. The van der Waals surface area contributed by atoms with Crippen LogP contribution in [0.15, 0.2) is 12.2 Å². The molecule has 0 aromatic heterocycles. The molecule has 0 aliphatic carbocycles. The average Bonchev–Trinajstić information content (AvgIpc) is 2.42. The Bertz CT molecular complexity index is 264. The number of likely N-dealkylation sites (N-methyl/N-ethyl adjacent to an activating group) is 2. The van der Waals surface area contributed by atoms with Crippen LogP contribution < -0.4 is 0 Å². The third-order valence-electron chi connectivity index (χ3n) is 4.52. The molecular formula is C16H32N4. The first kappa shape index (κ1) is 16.0. The molecule has 0 fully saturated rings. The van der Waals surface area contributed by atoms with Crippen molar-refractivity contribution >= 4 is 0 Å². The van der Waals surface area contributed by atoms with Crippen LogP contribution in [0, 0.1) is 0 Å². The molecule has 0 radical (unpaired) electrons. The summed E-state index contributed by atoms with van der Waals surface area (Å²) < 4.78 is 0. The van der Waals surface area contributed by atoms with Crippen molar-refractivity contribution in [3.05, 3.63) is 12.2 Å². The maximum Gasteiger partial charge on any atom is 0.0164 e. The molecule has 0 aromatic carbocycles. The Morgan fingerprint density at radius 2 is 1.00 bits per heavy atom. The van der Waals surface area contributed by atoms with Crippen molar-refractivity contribution in [3.63, 3.8) is 0 Å². The lowest BCUT2D eigenvalue weighted by molar-refractivity contribution is 0.188. The normalized spacial score (nSPS) is 32.5. The lowest BCUT2D eigenvalue weighted by Gasteiger charge is -2.30. The molecule has 2 atom stereocenters. The van der Waals surface area contributed by atoms with Gasteiger partial charge in [-0.25, -0.2) is 0 Å². The standard InChI is InChI=1S/C16H32N4/c1-17-7-5-11-20-10-4-3-9-19(15-13-17)12-6-8-18(2)14-16-20/h3-4H,5-16H2,1-2H3. The van der Waals surface area contributed by atoms with Crippen molar-refractivity contribution in [3.8, 4) is 0 Å². The minimum atomic E-state index is 1.12. The Labute approximate surface area is 125 Å². The zero-order valence-electron chi connectivity index (χ0n) is 13.4. The second-order valence-electron chi connectivity index (χ2n) is 6.39. The molecule has 2 unspecified atom stereocenters. The van der Waals surface area contributed by atoms with Crippen LogP contribution in [0.5, 0.6) is 0 Å². The van der Waals surface area contributed by atoms with Gasteiger partial charge in [-0.05, 0) is 53.1 Å². The van der Waals surface area contributed by atoms with E-state index in [1.54, 1.807) is 0 Å². The predicted octanol–water partition coefficient (Wildman–Crippen LogP) is 0.818. The zero-order valence-corrected chi connectivity index (χ0v) is 13.4. The van der Waals surface area contributed by atoms with Gasteiger partial charge >= 0.3 is 0 Å². The average molecular weight is 280 g/mol. The van der Waals surface area contributed by atoms with Gasteiger partial charge in [0.25, 0.3) is 0 Å². The summed E-state index contributed by atoms with van der Waals surface area (Å²) >= 11 is 0. The summed E-state index contributed by atoms with van der Waals surface area (Å²) in [7, 11) is 4.54. The second kappa shape index (κ2) is 8.78. The molecule has 2 aliphatic heterocycles. The molecule has 4 heteroatoms. The molecule has 116 valence electrons. The molecule has 0 spiro atoms. The molecule has 0 aromatic rings. The summed E-state index contributed by atoms with van der Waals surface area (Å²) in [5, 5.41) is 0. The van der Waals surface area contributed by atoms with Crippen LogP contribution in [-0.2, 0) is 0 Å². The van der Waals surface area contributed by atoms with Crippen molar-refractivity contribution in [1.82, 2.24) is 19.6 Å². The van der Waals surface area contributed by atoms with E-state index in [1.807, 2.05) is 0 Å². The maximum absolute atomic E-state index is 2.61. The van der Waals surface area contributed by atoms with E-state index in [4.69, 9.17) is 0 Å². The Morgan fingerprint density at radius 3 is 1.45 bits per heavy atom. The van der Waals surface area contributed by atoms with Gasteiger partial charge in [0.1, 0.15) is 0 Å². The summed E-state index contributed by atoms with van der Waals surface area (Å²) in [6, 6.07) is 0. The minimum Gasteiger partial charge on any atom is -0.305 e. The first-order chi connectivity index (χ1) is 9.74. The summed E-state index contributed by atoms with van der Waals surface area (Å²) in [6.07, 6.45) is 7.32. The monoisotopic (exact) mass is 280 g/mol. The molecule has 2 heterocycles. The van der Waals surface area contributed by atoms with E-state index < -0.39 is 0 Å². The van der Waals surface area contributed by atoms with Gasteiger partial charge in [0.05, 0.1) is 0 Å². The smallest absolute Gasteiger partial charge is 0.0164 e. The Kier molecular flexibility index (Phi) is 7.00. The van der Waals surface area contributed by atoms with Gasteiger partial charge in [-0.3, -0.25) is 9.80 Å². The molecule has 2 aliphatic rings. The van der Waals surface area contributed by atoms with E-state index in [-0.39, 0.29) is 0 Å². The number of hydrogen-bond acceptors (Lipinski definition) is 4. The largest absolute Gasteiger partial charge is 0.305 e. The summed E-state index contributed by atoms with van der Waals surface area (Å²) in [5.41, 5.74) is 0. The van der Waals surface area contributed by atoms with Crippen LogP contribution in [0.2, 0.25) is 0 Å². The lowest BCUT2D eigenvalue weighted by atomic mass is 10.2. The molecule has 0 N–H and O–H groups in total. The third kappa shape index (κ3) is 5.92. The molecular weight excluding hydrogens is 248 g/mol. The van der Waals surface area contributed by atoms with Gasteiger partial charge in [0.15, 0.2) is 0 Å².